The number of carbonyl (C=O) groups is 1. The molecule has 0 bridgehead atoms. The van der Waals surface area contributed by atoms with Crippen molar-refractivity contribution >= 4 is 23.5 Å². The molecule has 0 radical (unpaired) electrons. The van der Waals surface area contributed by atoms with E-state index in [-0.39, 0.29) is 5.91 Å². The van der Waals surface area contributed by atoms with Crippen molar-refractivity contribution in [2.45, 2.75) is 4.90 Å². The lowest BCUT2D eigenvalue weighted by Gasteiger charge is -2.06. The summed E-state index contributed by atoms with van der Waals surface area (Å²) in [5.74, 6) is 0.147. The Hall–Kier alpha value is -2.26. The molecule has 1 amide bonds. The summed E-state index contributed by atoms with van der Waals surface area (Å²) < 4.78 is 1.46. The van der Waals surface area contributed by atoms with Crippen molar-refractivity contribution in [3.8, 4) is 6.07 Å². The van der Waals surface area contributed by atoms with Gasteiger partial charge in [-0.3, -0.25) is 9.48 Å². The number of hydrogen-bond acceptors (Lipinski definition) is 4. The van der Waals surface area contributed by atoms with Crippen LogP contribution in [-0.2, 0) is 7.05 Å². The third-order valence-corrected chi connectivity index (χ3v) is 3.39. The summed E-state index contributed by atoms with van der Waals surface area (Å²) in [6.07, 6.45) is 3.40. The normalized spacial score (nSPS) is 9.95. The van der Waals surface area contributed by atoms with Gasteiger partial charge in [-0.25, -0.2) is 0 Å². The van der Waals surface area contributed by atoms with Gasteiger partial charge in [-0.1, -0.05) is 0 Å². The Morgan fingerprint density at radius 1 is 1.42 bits per heavy atom. The highest BCUT2D eigenvalue weighted by atomic mass is 32.2. The summed E-state index contributed by atoms with van der Waals surface area (Å²) in [5, 5.41) is 15.6. The van der Waals surface area contributed by atoms with E-state index in [1.807, 2.05) is 24.5 Å². The van der Waals surface area contributed by atoms with E-state index in [4.69, 9.17) is 5.26 Å². The van der Waals surface area contributed by atoms with Gasteiger partial charge in [0.05, 0.1) is 6.20 Å². The van der Waals surface area contributed by atoms with Crippen LogP contribution >= 0.6 is 11.8 Å². The Balaban J connectivity index is 2.21. The molecule has 0 aliphatic heterocycles. The van der Waals surface area contributed by atoms with Gasteiger partial charge in [0.1, 0.15) is 17.5 Å². The van der Waals surface area contributed by atoms with E-state index in [1.165, 1.54) is 10.9 Å². The minimum Gasteiger partial charge on any atom is -0.306 e. The van der Waals surface area contributed by atoms with Gasteiger partial charge in [0.15, 0.2) is 0 Å². The number of aryl methyl sites for hydroxylation is 1. The van der Waals surface area contributed by atoms with Crippen molar-refractivity contribution in [2.24, 2.45) is 7.05 Å². The molecule has 0 aliphatic carbocycles. The number of hydrogen-bond donors (Lipinski definition) is 1. The first kappa shape index (κ1) is 13.2. The molecule has 0 saturated heterocycles. The molecule has 1 aromatic carbocycles. The van der Waals surface area contributed by atoms with Gasteiger partial charge in [-0.15, -0.1) is 11.8 Å². The zero-order chi connectivity index (χ0) is 13.8. The summed E-state index contributed by atoms with van der Waals surface area (Å²) in [6, 6.07) is 9.26. The second kappa shape index (κ2) is 5.59. The maximum absolute atomic E-state index is 12.1. The average molecular weight is 272 g/mol. The molecule has 1 N–H and O–H groups in total. The molecule has 0 spiro atoms. The standard InChI is InChI=1S/C13H12N4OS/c1-17-12(10(7-14)8-15-17)16-13(18)9-3-5-11(19-2)6-4-9/h3-6,8H,1-2H3,(H,16,18). The third kappa shape index (κ3) is 2.77. The van der Waals surface area contributed by atoms with Crippen molar-refractivity contribution in [1.82, 2.24) is 9.78 Å². The Morgan fingerprint density at radius 2 is 2.11 bits per heavy atom. The molecule has 0 aliphatic rings. The van der Waals surface area contributed by atoms with E-state index < -0.39 is 0 Å². The Kier molecular flexibility index (Phi) is 3.88. The first-order valence-corrected chi connectivity index (χ1v) is 6.75. The number of anilines is 1. The molecule has 0 unspecified atom stereocenters. The topological polar surface area (TPSA) is 70.7 Å². The van der Waals surface area contributed by atoms with Crippen LogP contribution in [-0.4, -0.2) is 21.9 Å². The highest BCUT2D eigenvalue weighted by Crippen LogP contribution is 2.17. The zero-order valence-corrected chi connectivity index (χ0v) is 11.4. The smallest absolute Gasteiger partial charge is 0.256 e. The van der Waals surface area contributed by atoms with Crippen LogP contribution in [0, 0.1) is 11.3 Å². The lowest BCUT2D eigenvalue weighted by atomic mass is 10.2. The number of aromatic nitrogens is 2. The highest BCUT2D eigenvalue weighted by Gasteiger charge is 2.12. The van der Waals surface area contributed by atoms with Gasteiger partial charge in [0, 0.05) is 17.5 Å². The summed E-state index contributed by atoms with van der Waals surface area (Å²) in [5.41, 5.74) is 0.888. The number of thioether (sulfide) groups is 1. The second-order valence-corrected chi connectivity index (χ2v) is 4.70. The van der Waals surface area contributed by atoms with Crippen LogP contribution in [0.1, 0.15) is 15.9 Å². The van der Waals surface area contributed by atoms with Crippen LogP contribution < -0.4 is 5.32 Å². The summed E-state index contributed by atoms with van der Waals surface area (Å²) in [7, 11) is 1.67. The number of amides is 1. The highest BCUT2D eigenvalue weighted by molar-refractivity contribution is 7.98. The molecule has 6 heteroatoms. The predicted octanol–water partition coefficient (Wildman–Crippen LogP) is 2.27. The number of carbonyl (C=O) groups excluding carboxylic acids is 1. The van der Waals surface area contributed by atoms with Crippen LogP contribution in [0.4, 0.5) is 5.82 Å². The number of benzene rings is 1. The Labute approximate surface area is 115 Å². The fourth-order valence-electron chi connectivity index (χ4n) is 1.59. The maximum atomic E-state index is 12.1. The molecule has 2 aromatic rings. The molecule has 19 heavy (non-hydrogen) atoms. The van der Waals surface area contributed by atoms with Gasteiger partial charge in [-0.2, -0.15) is 10.4 Å². The first-order valence-electron chi connectivity index (χ1n) is 5.53. The molecule has 0 fully saturated rings. The van der Waals surface area contributed by atoms with E-state index >= 15 is 0 Å². The van der Waals surface area contributed by atoms with Gasteiger partial charge in [-0.05, 0) is 30.5 Å². The molecular weight excluding hydrogens is 260 g/mol. The molecule has 1 aromatic heterocycles. The molecule has 2 rings (SSSR count). The predicted molar refractivity (Wildman–Crippen MR) is 74.1 cm³/mol. The minimum atomic E-state index is -0.257. The largest absolute Gasteiger partial charge is 0.306 e. The van der Waals surface area contributed by atoms with Crippen LogP contribution in [0.2, 0.25) is 0 Å². The fraction of sp³-hybridized carbons (Fsp3) is 0.154. The summed E-state index contributed by atoms with van der Waals surface area (Å²) >= 11 is 1.61. The quantitative estimate of drug-likeness (QED) is 0.870. The lowest BCUT2D eigenvalue weighted by molar-refractivity contribution is 0.102. The Bertz CT molecular complexity index is 640. The Morgan fingerprint density at radius 3 is 2.68 bits per heavy atom. The first-order chi connectivity index (χ1) is 9.15. The summed E-state index contributed by atoms with van der Waals surface area (Å²) in [4.78, 5) is 13.2. The van der Waals surface area contributed by atoms with Crippen LogP contribution in [0.3, 0.4) is 0 Å². The summed E-state index contributed by atoms with van der Waals surface area (Å²) in [6.45, 7) is 0. The average Bonchev–Trinajstić information content (AvgIpc) is 2.79. The van der Waals surface area contributed by atoms with Crippen molar-refractivity contribution in [3.05, 3.63) is 41.6 Å². The maximum Gasteiger partial charge on any atom is 0.256 e. The van der Waals surface area contributed by atoms with Crippen molar-refractivity contribution < 1.29 is 4.79 Å². The van der Waals surface area contributed by atoms with E-state index in [0.717, 1.165) is 4.90 Å². The van der Waals surface area contributed by atoms with Crippen molar-refractivity contribution in [3.63, 3.8) is 0 Å². The zero-order valence-electron chi connectivity index (χ0n) is 10.5. The molecule has 5 nitrogen and oxygen atoms in total. The number of nitrogens with one attached hydrogen (secondary N) is 1. The lowest BCUT2D eigenvalue weighted by Crippen LogP contribution is -2.15. The van der Waals surface area contributed by atoms with E-state index in [0.29, 0.717) is 16.9 Å². The number of rotatable bonds is 3. The molecule has 96 valence electrons. The molecule has 1 heterocycles. The fourth-order valence-corrected chi connectivity index (χ4v) is 2.00. The van der Waals surface area contributed by atoms with Gasteiger partial charge in [0.2, 0.25) is 0 Å². The van der Waals surface area contributed by atoms with E-state index in [2.05, 4.69) is 10.4 Å². The monoisotopic (exact) mass is 272 g/mol. The molecular formula is C13H12N4OS. The number of nitriles is 1. The second-order valence-electron chi connectivity index (χ2n) is 3.82. The van der Waals surface area contributed by atoms with Gasteiger partial charge >= 0.3 is 0 Å². The molecule has 0 saturated carbocycles. The number of nitrogens with zero attached hydrogens (tertiary/aromatic N) is 3. The van der Waals surface area contributed by atoms with Crippen LogP contribution in [0.5, 0.6) is 0 Å². The van der Waals surface area contributed by atoms with E-state index in [9.17, 15) is 4.79 Å². The SMILES string of the molecule is CSc1ccc(C(=O)Nc2c(C#N)cnn2C)cc1. The van der Waals surface area contributed by atoms with Crippen molar-refractivity contribution in [1.29, 1.82) is 5.26 Å². The van der Waals surface area contributed by atoms with Crippen molar-refractivity contribution in [2.75, 3.05) is 11.6 Å². The van der Waals surface area contributed by atoms with Gasteiger partial charge < -0.3 is 5.32 Å². The van der Waals surface area contributed by atoms with Gasteiger partial charge in [0.25, 0.3) is 5.91 Å². The van der Waals surface area contributed by atoms with Crippen LogP contribution in [0.25, 0.3) is 0 Å². The minimum absolute atomic E-state index is 0.257. The van der Waals surface area contributed by atoms with Crippen LogP contribution in [0.15, 0.2) is 35.4 Å². The third-order valence-electron chi connectivity index (χ3n) is 2.64. The molecule has 0 atom stereocenters. The van der Waals surface area contributed by atoms with E-state index in [1.54, 1.807) is 30.9 Å².